The number of pyridine rings is 1. The third kappa shape index (κ3) is 2.61. The fourth-order valence-electron chi connectivity index (χ4n) is 1.46. The van der Waals surface area contributed by atoms with Crippen molar-refractivity contribution in [2.24, 2.45) is 7.05 Å². The summed E-state index contributed by atoms with van der Waals surface area (Å²) in [6.07, 6.45) is 5.67. The van der Waals surface area contributed by atoms with E-state index in [1.54, 1.807) is 10.9 Å². The Morgan fingerprint density at radius 1 is 1.38 bits per heavy atom. The standard InChI is InChI=1S/C11H13BrN4/c1-8(9-5-14-16(2)7-9)15-10-3-4-11(12)13-6-10/h3-8,15H,1-2H3. The van der Waals surface area contributed by atoms with Gasteiger partial charge in [0.25, 0.3) is 0 Å². The molecule has 5 heteroatoms. The van der Waals surface area contributed by atoms with Crippen LogP contribution >= 0.6 is 15.9 Å². The lowest BCUT2D eigenvalue weighted by atomic mass is 10.2. The number of halogens is 1. The average molecular weight is 281 g/mol. The number of hydrogen-bond acceptors (Lipinski definition) is 3. The molecule has 0 amide bonds. The Labute approximate surface area is 103 Å². The third-order valence-corrected chi connectivity index (χ3v) is 2.80. The Morgan fingerprint density at radius 3 is 2.75 bits per heavy atom. The second kappa shape index (κ2) is 4.65. The minimum absolute atomic E-state index is 0.219. The van der Waals surface area contributed by atoms with Crippen LogP contribution in [-0.2, 0) is 7.05 Å². The van der Waals surface area contributed by atoms with Crippen LogP contribution in [0.15, 0.2) is 35.3 Å². The lowest BCUT2D eigenvalue weighted by Crippen LogP contribution is -2.05. The van der Waals surface area contributed by atoms with Crippen LogP contribution in [-0.4, -0.2) is 14.8 Å². The van der Waals surface area contributed by atoms with Crippen molar-refractivity contribution >= 4 is 21.6 Å². The number of hydrogen-bond donors (Lipinski definition) is 1. The smallest absolute Gasteiger partial charge is 0.106 e. The van der Waals surface area contributed by atoms with Gasteiger partial charge in [0.1, 0.15) is 4.60 Å². The van der Waals surface area contributed by atoms with Crippen LogP contribution in [0.25, 0.3) is 0 Å². The second-order valence-corrected chi connectivity index (χ2v) is 4.50. The Morgan fingerprint density at radius 2 is 2.19 bits per heavy atom. The van der Waals surface area contributed by atoms with E-state index in [1.165, 1.54) is 0 Å². The highest BCUT2D eigenvalue weighted by atomic mass is 79.9. The van der Waals surface area contributed by atoms with Gasteiger partial charge in [0.05, 0.1) is 24.1 Å². The van der Waals surface area contributed by atoms with Crippen LogP contribution in [0.5, 0.6) is 0 Å². The Kier molecular flexibility index (Phi) is 3.24. The van der Waals surface area contributed by atoms with Crippen LogP contribution in [0, 0.1) is 0 Å². The van der Waals surface area contributed by atoms with Crippen molar-refractivity contribution < 1.29 is 0 Å². The minimum atomic E-state index is 0.219. The summed E-state index contributed by atoms with van der Waals surface area (Å²) in [5.41, 5.74) is 2.16. The van der Waals surface area contributed by atoms with Gasteiger partial charge < -0.3 is 5.32 Å². The molecule has 0 aliphatic heterocycles. The molecule has 0 saturated carbocycles. The lowest BCUT2D eigenvalue weighted by Gasteiger charge is -2.12. The summed E-state index contributed by atoms with van der Waals surface area (Å²) in [5.74, 6) is 0. The molecule has 2 aromatic heterocycles. The molecule has 0 spiro atoms. The van der Waals surface area contributed by atoms with Crippen LogP contribution < -0.4 is 5.32 Å². The molecule has 0 bridgehead atoms. The summed E-state index contributed by atoms with van der Waals surface area (Å²) in [6.45, 7) is 2.10. The van der Waals surface area contributed by atoms with E-state index in [9.17, 15) is 0 Å². The van der Waals surface area contributed by atoms with Crippen molar-refractivity contribution in [3.8, 4) is 0 Å². The van der Waals surface area contributed by atoms with Gasteiger partial charge in [-0.15, -0.1) is 0 Å². The van der Waals surface area contributed by atoms with Gasteiger partial charge in [0.15, 0.2) is 0 Å². The molecule has 0 aliphatic rings. The van der Waals surface area contributed by atoms with Gasteiger partial charge in [-0.05, 0) is 35.0 Å². The molecule has 0 aliphatic carbocycles. The molecule has 1 atom stereocenters. The van der Waals surface area contributed by atoms with Gasteiger partial charge >= 0.3 is 0 Å². The molecular formula is C11H13BrN4. The van der Waals surface area contributed by atoms with E-state index in [2.05, 4.69) is 38.3 Å². The summed E-state index contributed by atoms with van der Waals surface area (Å²) in [4.78, 5) is 4.16. The lowest BCUT2D eigenvalue weighted by molar-refractivity contribution is 0.765. The number of aryl methyl sites for hydroxylation is 1. The molecule has 0 aromatic carbocycles. The van der Waals surface area contributed by atoms with Gasteiger partial charge in [-0.25, -0.2) is 4.98 Å². The number of nitrogens with one attached hydrogen (secondary N) is 1. The molecule has 2 heterocycles. The quantitative estimate of drug-likeness (QED) is 0.880. The summed E-state index contributed by atoms with van der Waals surface area (Å²) >= 11 is 3.31. The van der Waals surface area contributed by atoms with E-state index >= 15 is 0 Å². The van der Waals surface area contributed by atoms with E-state index in [1.807, 2.05) is 31.6 Å². The molecule has 0 fully saturated rings. The number of aromatic nitrogens is 3. The molecule has 1 unspecified atom stereocenters. The average Bonchev–Trinajstić information content (AvgIpc) is 2.68. The van der Waals surface area contributed by atoms with Crippen molar-refractivity contribution in [2.75, 3.05) is 5.32 Å². The van der Waals surface area contributed by atoms with Crippen molar-refractivity contribution in [1.82, 2.24) is 14.8 Å². The topological polar surface area (TPSA) is 42.7 Å². The zero-order chi connectivity index (χ0) is 11.5. The summed E-state index contributed by atoms with van der Waals surface area (Å²) in [7, 11) is 1.91. The van der Waals surface area contributed by atoms with E-state index < -0.39 is 0 Å². The fourth-order valence-corrected chi connectivity index (χ4v) is 1.69. The van der Waals surface area contributed by atoms with E-state index in [4.69, 9.17) is 0 Å². The number of anilines is 1. The monoisotopic (exact) mass is 280 g/mol. The Balaban J connectivity index is 2.07. The molecule has 1 N–H and O–H groups in total. The molecule has 0 radical (unpaired) electrons. The highest BCUT2D eigenvalue weighted by Crippen LogP contribution is 2.18. The van der Waals surface area contributed by atoms with Gasteiger partial charge in [-0.1, -0.05) is 0 Å². The molecule has 16 heavy (non-hydrogen) atoms. The third-order valence-electron chi connectivity index (χ3n) is 2.34. The zero-order valence-electron chi connectivity index (χ0n) is 9.18. The van der Waals surface area contributed by atoms with Crippen molar-refractivity contribution in [2.45, 2.75) is 13.0 Å². The Bertz CT molecular complexity index is 463. The summed E-state index contributed by atoms with van der Waals surface area (Å²) < 4.78 is 2.64. The van der Waals surface area contributed by atoms with E-state index in [0.717, 1.165) is 15.9 Å². The summed E-state index contributed by atoms with van der Waals surface area (Å²) in [5, 5.41) is 7.51. The first-order valence-corrected chi connectivity index (χ1v) is 5.81. The molecule has 2 aromatic rings. The highest BCUT2D eigenvalue weighted by Gasteiger charge is 2.07. The first-order valence-electron chi connectivity index (χ1n) is 5.02. The first kappa shape index (κ1) is 11.1. The van der Waals surface area contributed by atoms with Gasteiger partial charge in [-0.2, -0.15) is 5.10 Å². The van der Waals surface area contributed by atoms with Crippen LogP contribution in [0.2, 0.25) is 0 Å². The SMILES string of the molecule is CC(Nc1ccc(Br)nc1)c1cnn(C)c1. The molecule has 84 valence electrons. The Hall–Kier alpha value is -1.36. The molecule has 0 saturated heterocycles. The van der Waals surface area contributed by atoms with Crippen molar-refractivity contribution in [1.29, 1.82) is 0 Å². The predicted octanol–water partition coefficient (Wildman–Crippen LogP) is 2.75. The largest absolute Gasteiger partial charge is 0.377 e. The molecule has 4 nitrogen and oxygen atoms in total. The van der Waals surface area contributed by atoms with Crippen molar-refractivity contribution in [3.63, 3.8) is 0 Å². The van der Waals surface area contributed by atoms with Crippen LogP contribution in [0.3, 0.4) is 0 Å². The maximum Gasteiger partial charge on any atom is 0.106 e. The van der Waals surface area contributed by atoms with Crippen LogP contribution in [0.4, 0.5) is 5.69 Å². The van der Waals surface area contributed by atoms with Gasteiger partial charge in [-0.3, -0.25) is 4.68 Å². The van der Waals surface area contributed by atoms with Crippen LogP contribution in [0.1, 0.15) is 18.5 Å². The van der Waals surface area contributed by atoms with E-state index in [-0.39, 0.29) is 6.04 Å². The maximum atomic E-state index is 4.16. The zero-order valence-corrected chi connectivity index (χ0v) is 10.8. The van der Waals surface area contributed by atoms with Gasteiger partial charge in [0.2, 0.25) is 0 Å². The van der Waals surface area contributed by atoms with E-state index in [0.29, 0.717) is 0 Å². The van der Waals surface area contributed by atoms with Crippen molar-refractivity contribution in [3.05, 3.63) is 40.9 Å². The number of nitrogens with zero attached hydrogens (tertiary/aromatic N) is 3. The normalized spacial score (nSPS) is 12.4. The molecular weight excluding hydrogens is 268 g/mol. The molecule has 2 rings (SSSR count). The summed E-state index contributed by atoms with van der Waals surface area (Å²) in [6, 6.07) is 4.12. The van der Waals surface area contributed by atoms with Gasteiger partial charge in [0, 0.05) is 18.8 Å². The highest BCUT2D eigenvalue weighted by molar-refractivity contribution is 9.10. The first-order chi connectivity index (χ1) is 7.65. The predicted molar refractivity (Wildman–Crippen MR) is 67.2 cm³/mol. The fraction of sp³-hybridized carbons (Fsp3) is 0.273. The minimum Gasteiger partial charge on any atom is -0.377 e. The number of rotatable bonds is 3. The maximum absolute atomic E-state index is 4.16. The second-order valence-electron chi connectivity index (χ2n) is 3.68.